The largest absolute Gasteiger partial charge is 0.411 e. The van der Waals surface area contributed by atoms with Crippen LogP contribution in [0.4, 0.5) is 0 Å². The van der Waals surface area contributed by atoms with Crippen LogP contribution in [-0.4, -0.2) is 36.1 Å². The van der Waals surface area contributed by atoms with E-state index in [-0.39, 0.29) is 0 Å². The van der Waals surface area contributed by atoms with E-state index in [4.69, 9.17) is 15.2 Å². The molecule has 0 bridgehead atoms. The van der Waals surface area contributed by atoms with E-state index in [0.29, 0.717) is 26.3 Å². The van der Waals surface area contributed by atoms with Crippen LogP contribution in [0, 0.1) is 0 Å². The monoisotopic (exact) mass is 316 g/mol. The van der Waals surface area contributed by atoms with Crippen molar-refractivity contribution in [3.05, 3.63) is 60.2 Å². The Morgan fingerprint density at radius 1 is 0.826 bits per heavy atom. The van der Waals surface area contributed by atoms with Gasteiger partial charge in [0.25, 0.3) is 0 Å². The Morgan fingerprint density at radius 3 is 1.74 bits per heavy atom. The molecule has 0 saturated heterocycles. The smallest absolute Gasteiger partial charge is 0.227 e. The van der Waals surface area contributed by atoms with Gasteiger partial charge in [0.15, 0.2) is 25.5 Å². The second kappa shape index (κ2) is 9.26. The van der Waals surface area contributed by atoms with Gasteiger partial charge in [0.1, 0.15) is 25.6 Å². The molecule has 2 aromatic heterocycles. The molecule has 0 radical (unpaired) electrons. The SMILES string of the molecule is O/N=C\c1cccc[n+]1CCOCC[n+]1ccccc1/C=N\O. The quantitative estimate of drug-likeness (QED) is 0.246. The van der Waals surface area contributed by atoms with Crippen LogP contribution in [0.2, 0.25) is 0 Å². The van der Waals surface area contributed by atoms with Crippen molar-refractivity contribution in [2.24, 2.45) is 10.3 Å². The minimum Gasteiger partial charge on any atom is -0.411 e. The first-order valence-corrected chi connectivity index (χ1v) is 7.24. The topological polar surface area (TPSA) is 82.2 Å². The average Bonchev–Trinajstić information content (AvgIpc) is 2.58. The number of pyridine rings is 2. The highest BCUT2D eigenvalue weighted by Gasteiger charge is 2.09. The first-order chi connectivity index (χ1) is 11.3. The van der Waals surface area contributed by atoms with Gasteiger partial charge in [0, 0.05) is 24.3 Å². The minimum absolute atomic E-state index is 0.539. The molecule has 7 nitrogen and oxygen atoms in total. The van der Waals surface area contributed by atoms with Crippen molar-refractivity contribution in [2.45, 2.75) is 13.1 Å². The van der Waals surface area contributed by atoms with Gasteiger partial charge in [0.05, 0.1) is 0 Å². The summed E-state index contributed by atoms with van der Waals surface area (Å²) in [6, 6.07) is 11.3. The van der Waals surface area contributed by atoms with Gasteiger partial charge in [-0.25, -0.2) is 0 Å². The molecular weight excluding hydrogens is 296 g/mol. The summed E-state index contributed by atoms with van der Waals surface area (Å²) < 4.78 is 9.54. The lowest BCUT2D eigenvalue weighted by Crippen LogP contribution is -2.42. The predicted octanol–water partition coefficient (Wildman–Crippen LogP) is 0.595. The molecule has 0 fully saturated rings. The standard InChI is InChI=1S/C16H18N4O3/c21-17-13-15-5-1-3-7-19(15)9-11-23-12-10-20-8-4-2-6-16(20)14-18-22/h1-8,13-14H,9-12H2/p+2. The van der Waals surface area contributed by atoms with Crippen LogP contribution in [0.25, 0.3) is 0 Å². The Hall–Kier alpha value is -2.80. The van der Waals surface area contributed by atoms with Crippen LogP contribution in [0.5, 0.6) is 0 Å². The van der Waals surface area contributed by atoms with E-state index in [2.05, 4.69) is 10.3 Å². The third-order valence-electron chi connectivity index (χ3n) is 3.28. The Labute approximate surface area is 134 Å². The van der Waals surface area contributed by atoms with Crippen LogP contribution in [0.15, 0.2) is 59.1 Å². The normalized spacial score (nSPS) is 11.5. The first-order valence-electron chi connectivity index (χ1n) is 7.24. The molecule has 2 heterocycles. The molecule has 2 N–H and O–H groups in total. The summed E-state index contributed by atoms with van der Waals surface area (Å²) >= 11 is 0. The van der Waals surface area contributed by atoms with Gasteiger partial charge in [-0.15, -0.1) is 0 Å². The molecule has 7 heteroatoms. The summed E-state index contributed by atoms with van der Waals surface area (Å²) in [6.07, 6.45) is 6.59. The van der Waals surface area contributed by atoms with E-state index in [1.807, 2.05) is 57.9 Å². The highest BCUT2D eigenvalue weighted by molar-refractivity contribution is 5.74. The number of nitrogens with zero attached hydrogens (tertiary/aromatic N) is 4. The summed E-state index contributed by atoms with van der Waals surface area (Å²) in [6.45, 7) is 2.40. The van der Waals surface area contributed by atoms with Crippen molar-refractivity contribution < 1.29 is 24.3 Å². The highest BCUT2D eigenvalue weighted by Crippen LogP contribution is 1.90. The van der Waals surface area contributed by atoms with Crippen LogP contribution in [0.1, 0.15) is 11.4 Å². The van der Waals surface area contributed by atoms with Gasteiger partial charge in [-0.2, -0.15) is 9.13 Å². The summed E-state index contributed by atoms with van der Waals surface area (Å²) in [4.78, 5) is 0. The fourth-order valence-corrected chi connectivity index (χ4v) is 2.17. The number of hydrogen-bond acceptors (Lipinski definition) is 5. The second-order valence-corrected chi connectivity index (χ2v) is 4.74. The number of ether oxygens (including phenoxy) is 1. The molecule has 0 spiro atoms. The zero-order valence-corrected chi connectivity index (χ0v) is 12.7. The third-order valence-corrected chi connectivity index (χ3v) is 3.28. The Morgan fingerprint density at radius 2 is 1.30 bits per heavy atom. The fraction of sp³-hybridized carbons (Fsp3) is 0.250. The van der Waals surface area contributed by atoms with Gasteiger partial charge in [-0.1, -0.05) is 10.3 Å². The predicted molar refractivity (Wildman–Crippen MR) is 82.9 cm³/mol. The van der Waals surface area contributed by atoms with Gasteiger partial charge in [-0.05, 0) is 12.1 Å². The highest BCUT2D eigenvalue weighted by atomic mass is 16.5. The molecular formula is C16H20N4O3+2. The Bertz CT molecular complexity index is 616. The van der Waals surface area contributed by atoms with Crippen molar-refractivity contribution in [1.29, 1.82) is 0 Å². The van der Waals surface area contributed by atoms with Crippen LogP contribution in [0.3, 0.4) is 0 Å². The maximum absolute atomic E-state index is 8.64. The zero-order chi connectivity index (χ0) is 16.3. The fourth-order valence-electron chi connectivity index (χ4n) is 2.17. The third kappa shape index (κ3) is 5.15. The van der Waals surface area contributed by atoms with Gasteiger partial charge >= 0.3 is 0 Å². The Kier molecular flexibility index (Phi) is 6.67. The van der Waals surface area contributed by atoms with Crippen molar-refractivity contribution >= 4 is 12.4 Å². The second-order valence-electron chi connectivity index (χ2n) is 4.74. The molecule has 0 unspecified atom stereocenters. The molecule has 23 heavy (non-hydrogen) atoms. The van der Waals surface area contributed by atoms with Crippen molar-refractivity contribution in [2.75, 3.05) is 13.2 Å². The van der Waals surface area contributed by atoms with Crippen LogP contribution < -0.4 is 9.13 Å². The van der Waals surface area contributed by atoms with Crippen molar-refractivity contribution in [3.8, 4) is 0 Å². The van der Waals surface area contributed by atoms with E-state index in [1.165, 1.54) is 12.4 Å². The molecule has 0 amide bonds. The maximum Gasteiger partial charge on any atom is 0.227 e. The molecule has 2 aromatic rings. The minimum atomic E-state index is 0.539. The molecule has 0 aliphatic rings. The van der Waals surface area contributed by atoms with Gasteiger partial charge in [-0.3, -0.25) is 0 Å². The lowest BCUT2D eigenvalue weighted by molar-refractivity contribution is -0.706. The summed E-state index contributed by atoms with van der Waals surface area (Å²) in [5.74, 6) is 0. The van der Waals surface area contributed by atoms with E-state index in [1.54, 1.807) is 0 Å². The van der Waals surface area contributed by atoms with E-state index in [9.17, 15) is 0 Å². The number of rotatable bonds is 8. The molecule has 0 atom stereocenters. The van der Waals surface area contributed by atoms with Crippen LogP contribution >= 0.6 is 0 Å². The lowest BCUT2D eigenvalue weighted by Gasteiger charge is -2.03. The van der Waals surface area contributed by atoms with Crippen LogP contribution in [-0.2, 0) is 17.8 Å². The molecule has 120 valence electrons. The summed E-state index contributed by atoms with van der Waals surface area (Å²) in [7, 11) is 0. The summed E-state index contributed by atoms with van der Waals surface area (Å²) in [5, 5.41) is 23.4. The van der Waals surface area contributed by atoms with E-state index >= 15 is 0 Å². The number of oxime groups is 2. The maximum atomic E-state index is 8.64. The molecule has 0 aromatic carbocycles. The average molecular weight is 316 g/mol. The number of aromatic nitrogens is 2. The molecule has 0 saturated carbocycles. The lowest BCUT2D eigenvalue weighted by atomic mass is 10.3. The van der Waals surface area contributed by atoms with Gasteiger partial charge in [0.2, 0.25) is 11.4 Å². The van der Waals surface area contributed by atoms with Gasteiger partial charge < -0.3 is 15.2 Å². The van der Waals surface area contributed by atoms with E-state index < -0.39 is 0 Å². The first kappa shape index (κ1) is 16.6. The molecule has 2 rings (SSSR count). The number of hydrogen-bond donors (Lipinski definition) is 2. The molecule has 0 aliphatic carbocycles. The Balaban J connectivity index is 1.81. The van der Waals surface area contributed by atoms with E-state index in [0.717, 1.165) is 11.4 Å². The molecule has 0 aliphatic heterocycles. The van der Waals surface area contributed by atoms with Crippen molar-refractivity contribution in [3.63, 3.8) is 0 Å². The summed E-state index contributed by atoms with van der Waals surface area (Å²) in [5.41, 5.74) is 1.61. The zero-order valence-electron chi connectivity index (χ0n) is 12.7. The van der Waals surface area contributed by atoms with Crippen molar-refractivity contribution in [1.82, 2.24) is 0 Å².